The Kier molecular flexibility index (Phi) is 3.79. The van der Waals surface area contributed by atoms with Crippen molar-refractivity contribution in [2.75, 3.05) is 0 Å². The topological polar surface area (TPSA) is 35.5 Å². The van der Waals surface area contributed by atoms with Crippen molar-refractivity contribution in [2.24, 2.45) is 0 Å². The first kappa shape index (κ1) is 12.1. The Hall–Kier alpha value is -1.35. The second-order valence-corrected chi connectivity index (χ2v) is 4.58. The van der Waals surface area contributed by atoms with Gasteiger partial charge in [-0.3, -0.25) is 4.89 Å². The van der Waals surface area contributed by atoms with Gasteiger partial charge in [0.2, 0.25) is 0 Å². The van der Waals surface area contributed by atoms with Gasteiger partial charge in [-0.15, -0.1) is 0 Å². The highest BCUT2D eigenvalue weighted by molar-refractivity contribution is 5.65. The van der Waals surface area contributed by atoms with E-state index in [1.807, 2.05) is 30.3 Å². The maximum Gasteiger partial charge on any atom is 0.339 e. The second kappa shape index (κ2) is 5.32. The van der Waals surface area contributed by atoms with Crippen LogP contribution < -0.4 is 0 Å². The molecule has 1 aliphatic carbocycles. The van der Waals surface area contributed by atoms with Gasteiger partial charge in [-0.05, 0) is 18.4 Å². The molecule has 0 saturated heterocycles. The fourth-order valence-electron chi connectivity index (χ4n) is 2.42. The highest BCUT2D eigenvalue weighted by atomic mass is 17.2. The minimum Gasteiger partial charge on any atom is -0.298 e. The number of carbonyl (C=O) groups excluding carboxylic acids is 1. The first-order chi connectivity index (χ1) is 8.23. The van der Waals surface area contributed by atoms with Crippen molar-refractivity contribution in [3.05, 3.63) is 35.9 Å². The molecule has 3 nitrogen and oxygen atoms in total. The number of benzene rings is 1. The number of hydrogen-bond acceptors (Lipinski definition) is 3. The summed E-state index contributed by atoms with van der Waals surface area (Å²) >= 11 is 0. The first-order valence-electron chi connectivity index (χ1n) is 6.15. The molecule has 1 saturated carbocycles. The molecule has 0 atom stereocenters. The van der Waals surface area contributed by atoms with Crippen molar-refractivity contribution < 1.29 is 14.6 Å². The van der Waals surface area contributed by atoms with Crippen molar-refractivity contribution >= 4 is 5.97 Å². The van der Waals surface area contributed by atoms with E-state index in [1.54, 1.807) is 0 Å². The summed E-state index contributed by atoms with van der Waals surface area (Å²) < 4.78 is 0. The molecule has 0 unspecified atom stereocenters. The summed E-state index contributed by atoms with van der Waals surface area (Å²) in [5, 5.41) is 0. The minimum absolute atomic E-state index is 0.397. The third-order valence-corrected chi connectivity index (χ3v) is 3.28. The van der Waals surface area contributed by atoms with Crippen LogP contribution in [0.3, 0.4) is 0 Å². The van der Waals surface area contributed by atoms with E-state index in [0.29, 0.717) is 0 Å². The van der Waals surface area contributed by atoms with E-state index < -0.39 is 11.6 Å². The number of rotatable bonds is 3. The predicted octanol–water partition coefficient (Wildman–Crippen LogP) is 3.34. The van der Waals surface area contributed by atoms with E-state index in [2.05, 4.69) is 0 Å². The van der Waals surface area contributed by atoms with Crippen molar-refractivity contribution in [2.45, 2.75) is 44.6 Å². The molecule has 1 aliphatic rings. The lowest BCUT2D eigenvalue weighted by Gasteiger charge is -2.35. The third-order valence-electron chi connectivity index (χ3n) is 3.28. The average molecular weight is 234 g/mol. The van der Waals surface area contributed by atoms with Crippen LogP contribution in [-0.4, -0.2) is 5.97 Å². The molecule has 0 heterocycles. The quantitative estimate of drug-likeness (QED) is 0.594. The smallest absolute Gasteiger partial charge is 0.298 e. The predicted molar refractivity (Wildman–Crippen MR) is 64.1 cm³/mol. The van der Waals surface area contributed by atoms with Crippen molar-refractivity contribution in [1.29, 1.82) is 0 Å². The number of hydrogen-bond donors (Lipinski definition) is 0. The molecule has 2 rings (SSSR count). The van der Waals surface area contributed by atoms with Gasteiger partial charge in [0.25, 0.3) is 0 Å². The summed E-state index contributed by atoms with van der Waals surface area (Å²) in [6, 6.07) is 10.0. The third kappa shape index (κ3) is 2.86. The molecule has 1 aromatic carbocycles. The average Bonchev–Trinajstić information content (AvgIpc) is 2.39. The molecule has 0 spiro atoms. The molecule has 0 aliphatic heterocycles. The van der Waals surface area contributed by atoms with Crippen molar-refractivity contribution in [3.8, 4) is 0 Å². The van der Waals surface area contributed by atoms with Crippen LogP contribution in [0.25, 0.3) is 0 Å². The summed E-state index contributed by atoms with van der Waals surface area (Å²) in [5.74, 6) is -0.397. The van der Waals surface area contributed by atoms with Gasteiger partial charge < -0.3 is 0 Å². The Morgan fingerprint density at radius 2 is 1.76 bits per heavy atom. The van der Waals surface area contributed by atoms with E-state index in [-0.39, 0.29) is 0 Å². The molecule has 0 aromatic heterocycles. The lowest BCUT2D eigenvalue weighted by atomic mass is 9.80. The van der Waals surface area contributed by atoms with E-state index in [1.165, 1.54) is 13.3 Å². The molecule has 1 fully saturated rings. The van der Waals surface area contributed by atoms with E-state index in [4.69, 9.17) is 9.78 Å². The maximum absolute atomic E-state index is 10.9. The Bertz CT molecular complexity index is 366. The van der Waals surface area contributed by atoms with Gasteiger partial charge >= 0.3 is 5.97 Å². The highest BCUT2D eigenvalue weighted by Crippen LogP contribution is 2.40. The SMILES string of the molecule is CC(=O)OOC1(c2ccccc2)CCCCC1. The normalized spacial score (nSPS) is 18.6. The van der Waals surface area contributed by atoms with Crippen molar-refractivity contribution in [3.63, 3.8) is 0 Å². The zero-order valence-corrected chi connectivity index (χ0v) is 10.1. The Morgan fingerprint density at radius 1 is 1.12 bits per heavy atom. The Labute approximate surface area is 102 Å². The monoisotopic (exact) mass is 234 g/mol. The summed E-state index contributed by atoms with van der Waals surface area (Å²) in [4.78, 5) is 21.2. The van der Waals surface area contributed by atoms with Crippen LogP contribution >= 0.6 is 0 Å². The Balaban J connectivity index is 2.20. The summed E-state index contributed by atoms with van der Waals surface area (Å²) in [6.07, 6.45) is 5.25. The van der Waals surface area contributed by atoms with Crippen LogP contribution in [0.4, 0.5) is 0 Å². The van der Waals surface area contributed by atoms with Gasteiger partial charge in [0.05, 0.1) is 0 Å². The molecule has 3 heteroatoms. The van der Waals surface area contributed by atoms with Crippen LogP contribution in [0.5, 0.6) is 0 Å². The summed E-state index contributed by atoms with van der Waals surface area (Å²) in [6.45, 7) is 1.36. The first-order valence-corrected chi connectivity index (χ1v) is 6.15. The standard InChI is InChI=1S/C14H18O3/c1-12(15)16-17-14(10-6-3-7-11-14)13-8-4-2-5-9-13/h2,4-5,8-9H,3,6-7,10-11H2,1H3. The molecular weight excluding hydrogens is 216 g/mol. The summed E-state index contributed by atoms with van der Waals surface area (Å²) in [5.41, 5.74) is 0.659. The van der Waals surface area contributed by atoms with Crippen LogP contribution in [0.1, 0.15) is 44.6 Å². The fraction of sp³-hybridized carbons (Fsp3) is 0.500. The van der Waals surface area contributed by atoms with Gasteiger partial charge in [-0.25, -0.2) is 4.79 Å². The van der Waals surface area contributed by atoms with Gasteiger partial charge in [-0.2, -0.15) is 4.89 Å². The van der Waals surface area contributed by atoms with E-state index >= 15 is 0 Å². The molecule has 92 valence electrons. The van der Waals surface area contributed by atoms with E-state index in [9.17, 15) is 4.79 Å². The Morgan fingerprint density at radius 3 is 2.35 bits per heavy atom. The molecule has 1 aromatic rings. The van der Waals surface area contributed by atoms with Crippen LogP contribution in [-0.2, 0) is 20.2 Å². The highest BCUT2D eigenvalue weighted by Gasteiger charge is 2.37. The van der Waals surface area contributed by atoms with Gasteiger partial charge in [0.1, 0.15) is 5.60 Å². The number of carbonyl (C=O) groups is 1. The largest absolute Gasteiger partial charge is 0.339 e. The molecule has 0 bridgehead atoms. The maximum atomic E-state index is 10.9. The fourth-order valence-corrected chi connectivity index (χ4v) is 2.42. The van der Waals surface area contributed by atoms with Crippen LogP contribution in [0.2, 0.25) is 0 Å². The molecule has 17 heavy (non-hydrogen) atoms. The molecular formula is C14H18O3. The van der Waals surface area contributed by atoms with E-state index in [0.717, 1.165) is 31.2 Å². The van der Waals surface area contributed by atoms with Gasteiger partial charge in [0.15, 0.2) is 0 Å². The second-order valence-electron chi connectivity index (χ2n) is 4.58. The van der Waals surface area contributed by atoms with Gasteiger partial charge in [0, 0.05) is 6.92 Å². The molecule has 0 radical (unpaired) electrons. The van der Waals surface area contributed by atoms with Crippen molar-refractivity contribution in [1.82, 2.24) is 0 Å². The summed E-state index contributed by atoms with van der Waals surface area (Å²) in [7, 11) is 0. The lowest BCUT2D eigenvalue weighted by molar-refractivity contribution is -0.344. The zero-order chi connectivity index (χ0) is 12.1. The van der Waals surface area contributed by atoms with Crippen LogP contribution in [0, 0.1) is 0 Å². The lowest BCUT2D eigenvalue weighted by Crippen LogP contribution is -2.33. The van der Waals surface area contributed by atoms with Crippen LogP contribution in [0.15, 0.2) is 30.3 Å². The zero-order valence-electron chi connectivity index (χ0n) is 10.1. The molecule has 0 amide bonds. The minimum atomic E-state index is -0.439. The van der Waals surface area contributed by atoms with Gasteiger partial charge in [-0.1, -0.05) is 49.6 Å². The molecule has 0 N–H and O–H groups in total.